The van der Waals surface area contributed by atoms with Crippen LogP contribution in [0.5, 0.6) is 0 Å². The van der Waals surface area contributed by atoms with E-state index in [1.807, 2.05) is 55.5 Å². The van der Waals surface area contributed by atoms with Gasteiger partial charge in [0.2, 0.25) is 0 Å². The van der Waals surface area contributed by atoms with E-state index in [9.17, 15) is 4.79 Å². The highest BCUT2D eigenvalue weighted by atomic mass is 35.5. The van der Waals surface area contributed by atoms with Crippen molar-refractivity contribution in [2.24, 2.45) is 0 Å². The zero-order valence-electron chi connectivity index (χ0n) is 20.2. The lowest BCUT2D eigenvalue weighted by Crippen LogP contribution is -2.26. The van der Waals surface area contributed by atoms with Gasteiger partial charge in [0.15, 0.2) is 5.82 Å². The molecule has 0 bridgehead atoms. The van der Waals surface area contributed by atoms with Crippen molar-refractivity contribution in [2.45, 2.75) is 38.1 Å². The first-order valence-electron chi connectivity index (χ1n) is 12.3. The molecule has 0 saturated heterocycles. The van der Waals surface area contributed by atoms with E-state index in [1.165, 1.54) is 0 Å². The first kappa shape index (κ1) is 23.2. The van der Waals surface area contributed by atoms with Crippen molar-refractivity contribution in [2.75, 3.05) is 11.1 Å². The molecule has 8 nitrogen and oxygen atoms in total. The van der Waals surface area contributed by atoms with Gasteiger partial charge in [-0.25, -0.2) is 4.98 Å². The molecule has 1 fully saturated rings. The van der Waals surface area contributed by atoms with Crippen LogP contribution in [0, 0.1) is 0 Å². The second-order valence-electron chi connectivity index (χ2n) is 9.21. The number of rotatable bonds is 7. The molecule has 0 aliphatic heterocycles. The predicted molar refractivity (Wildman–Crippen MR) is 145 cm³/mol. The summed E-state index contributed by atoms with van der Waals surface area (Å²) in [6, 6.07) is 18.4. The Labute approximate surface area is 218 Å². The molecule has 0 unspecified atom stereocenters. The largest absolute Gasteiger partial charge is 0.398 e. The number of nitrogens with zero attached hydrogens (tertiary/aromatic N) is 4. The van der Waals surface area contributed by atoms with E-state index in [0.29, 0.717) is 51.5 Å². The molecule has 0 radical (unpaired) electrons. The molecule has 6 rings (SSSR count). The molecule has 1 aliphatic rings. The van der Waals surface area contributed by atoms with Crippen molar-refractivity contribution < 1.29 is 4.52 Å². The van der Waals surface area contributed by atoms with E-state index in [2.05, 4.69) is 20.4 Å². The van der Waals surface area contributed by atoms with Crippen LogP contribution in [0.15, 0.2) is 76.2 Å². The molecule has 5 aromatic rings. The van der Waals surface area contributed by atoms with Gasteiger partial charge >= 0.3 is 0 Å². The number of hydrogen-bond donors (Lipinski definition) is 2. The Kier molecular flexibility index (Phi) is 5.88. The molecule has 1 saturated carbocycles. The van der Waals surface area contributed by atoms with Gasteiger partial charge in [0.1, 0.15) is 11.4 Å². The monoisotopic (exact) mass is 512 g/mol. The summed E-state index contributed by atoms with van der Waals surface area (Å²) in [4.78, 5) is 23.0. The van der Waals surface area contributed by atoms with Crippen LogP contribution in [-0.2, 0) is 0 Å². The van der Waals surface area contributed by atoms with Gasteiger partial charge in [0.05, 0.1) is 16.5 Å². The van der Waals surface area contributed by atoms with Crippen molar-refractivity contribution in [3.63, 3.8) is 0 Å². The number of anilines is 2. The average Bonchev–Trinajstić information content (AvgIpc) is 3.65. The lowest BCUT2D eigenvalue weighted by molar-refractivity contribution is 0.423. The molecule has 1 aliphatic carbocycles. The summed E-state index contributed by atoms with van der Waals surface area (Å²) in [5.74, 6) is 1.88. The first-order valence-corrected chi connectivity index (χ1v) is 12.7. The summed E-state index contributed by atoms with van der Waals surface area (Å²) in [5, 5.41) is 9.33. The third kappa shape index (κ3) is 4.23. The zero-order valence-corrected chi connectivity index (χ0v) is 20.9. The third-order valence-corrected chi connectivity index (χ3v) is 7.01. The SMILES string of the molecule is CC[C@H](Nc1nccc(N)c1-c1nc(C2CC2)no1)c1cc2cccc(Cl)c2c(=O)n1-c1ccccc1. The maximum atomic E-state index is 13.8. The lowest BCUT2D eigenvalue weighted by Gasteiger charge is -2.24. The van der Waals surface area contributed by atoms with E-state index in [-0.39, 0.29) is 11.6 Å². The fraction of sp³-hybridized carbons (Fsp3) is 0.214. The van der Waals surface area contributed by atoms with Gasteiger partial charge in [-0.15, -0.1) is 0 Å². The van der Waals surface area contributed by atoms with Crippen LogP contribution < -0.4 is 16.6 Å². The van der Waals surface area contributed by atoms with Crippen LogP contribution in [0.4, 0.5) is 11.5 Å². The molecule has 9 heteroatoms. The van der Waals surface area contributed by atoms with E-state index in [1.54, 1.807) is 22.9 Å². The zero-order chi connectivity index (χ0) is 25.5. The first-order chi connectivity index (χ1) is 18.0. The molecule has 1 atom stereocenters. The summed E-state index contributed by atoms with van der Waals surface area (Å²) in [6.45, 7) is 2.05. The molecule has 3 heterocycles. The topological polar surface area (TPSA) is 112 Å². The van der Waals surface area contributed by atoms with Crippen molar-refractivity contribution in [3.8, 4) is 17.1 Å². The van der Waals surface area contributed by atoms with Crippen molar-refractivity contribution >= 4 is 33.9 Å². The normalized spacial score (nSPS) is 14.1. The highest BCUT2D eigenvalue weighted by Crippen LogP contribution is 2.40. The summed E-state index contributed by atoms with van der Waals surface area (Å²) in [5.41, 5.74) is 8.73. The Bertz CT molecular complexity index is 1660. The van der Waals surface area contributed by atoms with Gasteiger partial charge in [-0.2, -0.15) is 4.98 Å². The number of nitrogen functional groups attached to an aromatic ring is 1. The maximum Gasteiger partial charge on any atom is 0.264 e. The van der Waals surface area contributed by atoms with Crippen LogP contribution in [-0.4, -0.2) is 19.7 Å². The molecule has 2 aromatic carbocycles. The van der Waals surface area contributed by atoms with Gasteiger partial charge in [-0.3, -0.25) is 9.36 Å². The second-order valence-corrected chi connectivity index (χ2v) is 9.62. The van der Waals surface area contributed by atoms with Gasteiger partial charge in [-0.1, -0.05) is 54.0 Å². The van der Waals surface area contributed by atoms with E-state index in [4.69, 9.17) is 21.9 Å². The minimum Gasteiger partial charge on any atom is -0.398 e. The predicted octanol–water partition coefficient (Wildman–Crippen LogP) is 6.11. The van der Waals surface area contributed by atoms with Gasteiger partial charge < -0.3 is 15.6 Å². The van der Waals surface area contributed by atoms with Crippen LogP contribution in [0.25, 0.3) is 27.9 Å². The number of fused-ring (bicyclic) bond motifs is 1. The number of nitrogens with two attached hydrogens (primary N) is 1. The maximum absolute atomic E-state index is 13.8. The molecule has 0 spiro atoms. The summed E-state index contributed by atoms with van der Waals surface area (Å²) >= 11 is 6.48. The Hall–Kier alpha value is -4.17. The van der Waals surface area contributed by atoms with Crippen LogP contribution >= 0.6 is 11.6 Å². The molecule has 3 aromatic heterocycles. The Morgan fingerprint density at radius 1 is 1.16 bits per heavy atom. The smallest absolute Gasteiger partial charge is 0.264 e. The minimum absolute atomic E-state index is 0.184. The van der Waals surface area contributed by atoms with Crippen LogP contribution in [0.2, 0.25) is 5.02 Å². The van der Waals surface area contributed by atoms with E-state index >= 15 is 0 Å². The molecule has 0 amide bonds. The number of hydrogen-bond acceptors (Lipinski definition) is 7. The molecule has 186 valence electrons. The van der Waals surface area contributed by atoms with Crippen molar-refractivity contribution in [3.05, 3.63) is 93.8 Å². The fourth-order valence-corrected chi connectivity index (χ4v) is 4.91. The van der Waals surface area contributed by atoms with Gasteiger partial charge in [0.25, 0.3) is 11.4 Å². The van der Waals surface area contributed by atoms with Crippen molar-refractivity contribution in [1.29, 1.82) is 0 Å². The van der Waals surface area contributed by atoms with E-state index in [0.717, 1.165) is 29.6 Å². The number of pyridine rings is 2. The molecule has 3 N–H and O–H groups in total. The summed E-state index contributed by atoms with van der Waals surface area (Å²) in [6.07, 6.45) is 4.42. The highest BCUT2D eigenvalue weighted by Gasteiger charge is 2.30. The Balaban J connectivity index is 1.50. The fourth-order valence-electron chi connectivity index (χ4n) is 4.64. The number of nitrogens with one attached hydrogen (secondary N) is 1. The van der Waals surface area contributed by atoms with Crippen molar-refractivity contribution in [1.82, 2.24) is 19.7 Å². The number of benzene rings is 2. The quantitative estimate of drug-likeness (QED) is 0.270. The lowest BCUT2D eigenvalue weighted by atomic mass is 10.0. The van der Waals surface area contributed by atoms with Crippen LogP contribution in [0.1, 0.15) is 49.7 Å². The number of para-hydroxylation sites is 1. The van der Waals surface area contributed by atoms with Gasteiger partial charge in [-0.05, 0) is 55.0 Å². The van der Waals surface area contributed by atoms with E-state index < -0.39 is 0 Å². The van der Waals surface area contributed by atoms with Crippen LogP contribution in [0.3, 0.4) is 0 Å². The second kappa shape index (κ2) is 9.37. The number of aromatic nitrogens is 4. The summed E-state index contributed by atoms with van der Waals surface area (Å²) in [7, 11) is 0. The Morgan fingerprint density at radius 3 is 2.73 bits per heavy atom. The highest BCUT2D eigenvalue weighted by molar-refractivity contribution is 6.35. The molecule has 37 heavy (non-hydrogen) atoms. The number of halogens is 1. The standard InChI is InChI=1S/C28H25ClN6O2/c1-2-21(32-26-24(20(30)13-14-31-26)27-33-25(34-37-27)16-11-12-16)22-15-17-7-6-10-19(29)23(17)28(36)35(22)18-8-4-3-5-9-18/h3-10,13-16,21H,2,11-12H2,1H3,(H3,30,31,32)/t21-/m0/s1. The third-order valence-electron chi connectivity index (χ3n) is 6.70. The minimum atomic E-state index is -0.296. The Morgan fingerprint density at radius 2 is 1.97 bits per heavy atom. The molecular weight excluding hydrogens is 488 g/mol. The van der Waals surface area contributed by atoms with Gasteiger partial charge in [0, 0.05) is 29.2 Å². The molecular formula is C28H25ClN6O2. The average molecular weight is 513 g/mol. The summed E-state index contributed by atoms with van der Waals surface area (Å²) < 4.78 is 7.29.